The summed E-state index contributed by atoms with van der Waals surface area (Å²) in [6, 6.07) is 6.34. The van der Waals surface area contributed by atoms with Crippen molar-refractivity contribution in [2.24, 2.45) is 0 Å². The lowest BCUT2D eigenvalue weighted by Crippen LogP contribution is -2.34. The molecule has 7 heteroatoms. The van der Waals surface area contributed by atoms with Gasteiger partial charge in [0, 0.05) is 18.3 Å². The standard InChI is InChI=1S/C16H15N3O4/c1-10(2)14-17-7-8-18(14)9-13(20)23-19-15(21)11-5-3-4-6-12(11)16(19)22/h3-8,10H,9H2,1-2H3. The molecule has 7 nitrogen and oxygen atoms in total. The first-order valence-corrected chi connectivity index (χ1v) is 7.18. The second kappa shape index (κ2) is 5.68. The van der Waals surface area contributed by atoms with Crippen LogP contribution in [0.3, 0.4) is 0 Å². The van der Waals surface area contributed by atoms with E-state index >= 15 is 0 Å². The summed E-state index contributed by atoms with van der Waals surface area (Å²) in [5, 5.41) is 0.513. The summed E-state index contributed by atoms with van der Waals surface area (Å²) in [6.07, 6.45) is 3.24. The maximum atomic E-state index is 12.1. The molecule has 0 fully saturated rings. The molecule has 0 unspecified atom stereocenters. The van der Waals surface area contributed by atoms with Crippen LogP contribution < -0.4 is 0 Å². The zero-order chi connectivity index (χ0) is 16.6. The number of benzene rings is 1. The lowest BCUT2D eigenvalue weighted by Gasteiger charge is -2.14. The molecule has 2 heterocycles. The van der Waals surface area contributed by atoms with Crippen LogP contribution in [0.25, 0.3) is 0 Å². The SMILES string of the molecule is CC(C)c1nccn1CC(=O)ON1C(=O)c2ccccc2C1=O. The Bertz CT molecular complexity index is 759. The Labute approximate surface area is 132 Å². The van der Waals surface area contributed by atoms with Gasteiger partial charge >= 0.3 is 5.97 Å². The van der Waals surface area contributed by atoms with Crippen LogP contribution in [0, 0.1) is 0 Å². The number of carbonyl (C=O) groups is 3. The van der Waals surface area contributed by atoms with Gasteiger partial charge in [-0.05, 0) is 12.1 Å². The molecule has 1 aliphatic heterocycles. The van der Waals surface area contributed by atoms with Crippen molar-refractivity contribution in [3.8, 4) is 0 Å². The normalized spacial score (nSPS) is 13.6. The Morgan fingerprint density at radius 2 is 1.78 bits per heavy atom. The molecular formula is C16H15N3O4. The number of rotatable bonds is 4. The number of hydrogen-bond donors (Lipinski definition) is 0. The van der Waals surface area contributed by atoms with Gasteiger partial charge in [-0.15, -0.1) is 0 Å². The Hall–Kier alpha value is -2.96. The maximum Gasteiger partial charge on any atom is 0.352 e. The minimum atomic E-state index is -0.709. The molecule has 0 saturated heterocycles. The maximum absolute atomic E-state index is 12.1. The van der Waals surface area contributed by atoms with Crippen LogP contribution in [0.4, 0.5) is 0 Å². The van der Waals surface area contributed by atoms with E-state index in [0.717, 1.165) is 5.82 Å². The first-order valence-electron chi connectivity index (χ1n) is 7.18. The Morgan fingerprint density at radius 1 is 1.17 bits per heavy atom. The largest absolute Gasteiger partial charge is 0.352 e. The average molecular weight is 313 g/mol. The molecule has 0 bridgehead atoms. The molecule has 3 rings (SSSR count). The van der Waals surface area contributed by atoms with E-state index in [1.807, 2.05) is 13.8 Å². The summed E-state index contributed by atoms with van der Waals surface area (Å²) >= 11 is 0. The molecule has 1 aliphatic rings. The Kier molecular flexibility index (Phi) is 3.69. The van der Waals surface area contributed by atoms with Gasteiger partial charge in [-0.1, -0.05) is 31.0 Å². The van der Waals surface area contributed by atoms with Crippen molar-refractivity contribution in [3.05, 3.63) is 53.6 Å². The van der Waals surface area contributed by atoms with Crippen molar-refractivity contribution in [3.63, 3.8) is 0 Å². The third kappa shape index (κ3) is 2.61. The van der Waals surface area contributed by atoms with Gasteiger partial charge in [-0.2, -0.15) is 0 Å². The molecule has 118 valence electrons. The van der Waals surface area contributed by atoms with Gasteiger partial charge in [0.25, 0.3) is 11.8 Å². The second-order valence-corrected chi connectivity index (χ2v) is 5.48. The number of carbonyl (C=O) groups excluding carboxylic acids is 3. The lowest BCUT2D eigenvalue weighted by molar-refractivity contribution is -0.169. The molecule has 0 saturated carbocycles. The highest BCUT2D eigenvalue weighted by molar-refractivity contribution is 6.20. The number of hydrogen-bond acceptors (Lipinski definition) is 5. The number of fused-ring (bicyclic) bond motifs is 1. The molecule has 2 amide bonds. The van der Waals surface area contributed by atoms with E-state index < -0.39 is 17.8 Å². The minimum Gasteiger partial charge on any atom is -0.328 e. The predicted molar refractivity (Wildman–Crippen MR) is 79.4 cm³/mol. The molecular weight excluding hydrogens is 298 g/mol. The second-order valence-electron chi connectivity index (χ2n) is 5.48. The number of hydroxylamine groups is 2. The first-order chi connectivity index (χ1) is 11.0. The van der Waals surface area contributed by atoms with E-state index in [0.29, 0.717) is 5.06 Å². The van der Waals surface area contributed by atoms with Gasteiger partial charge in [0.05, 0.1) is 11.1 Å². The summed E-state index contributed by atoms with van der Waals surface area (Å²) in [7, 11) is 0. The molecule has 2 aromatic rings. The monoisotopic (exact) mass is 313 g/mol. The molecule has 0 N–H and O–H groups in total. The van der Waals surface area contributed by atoms with Crippen LogP contribution >= 0.6 is 0 Å². The molecule has 0 radical (unpaired) electrons. The van der Waals surface area contributed by atoms with E-state index in [1.54, 1.807) is 29.1 Å². The van der Waals surface area contributed by atoms with Crippen LogP contribution in [0.1, 0.15) is 46.3 Å². The molecule has 0 aliphatic carbocycles. The minimum absolute atomic E-state index is 0.124. The Balaban J connectivity index is 1.73. The van der Waals surface area contributed by atoms with Crippen molar-refractivity contribution < 1.29 is 19.2 Å². The van der Waals surface area contributed by atoms with Crippen molar-refractivity contribution in [2.45, 2.75) is 26.3 Å². The number of amides is 2. The molecule has 1 aromatic heterocycles. The number of aromatic nitrogens is 2. The van der Waals surface area contributed by atoms with E-state index in [9.17, 15) is 14.4 Å². The van der Waals surface area contributed by atoms with Gasteiger partial charge < -0.3 is 9.40 Å². The van der Waals surface area contributed by atoms with Gasteiger partial charge in [0.2, 0.25) is 0 Å². The predicted octanol–water partition coefficient (Wildman–Crippen LogP) is 1.76. The quantitative estimate of drug-likeness (QED) is 0.803. The van der Waals surface area contributed by atoms with E-state index in [-0.39, 0.29) is 23.6 Å². The van der Waals surface area contributed by atoms with Gasteiger partial charge in [-0.25, -0.2) is 9.78 Å². The van der Waals surface area contributed by atoms with Gasteiger partial charge in [0.1, 0.15) is 12.4 Å². The van der Waals surface area contributed by atoms with Gasteiger partial charge in [-0.3, -0.25) is 9.59 Å². The lowest BCUT2D eigenvalue weighted by atomic mass is 10.1. The summed E-state index contributed by atoms with van der Waals surface area (Å²) in [5.41, 5.74) is 0.464. The summed E-state index contributed by atoms with van der Waals surface area (Å²) in [5.74, 6) is -1.11. The third-order valence-corrected chi connectivity index (χ3v) is 3.51. The topological polar surface area (TPSA) is 81.5 Å². The summed E-state index contributed by atoms with van der Waals surface area (Å²) in [4.78, 5) is 45.5. The third-order valence-electron chi connectivity index (χ3n) is 3.51. The first kappa shape index (κ1) is 15.0. The fourth-order valence-electron chi connectivity index (χ4n) is 2.47. The van der Waals surface area contributed by atoms with Crippen LogP contribution in [0.2, 0.25) is 0 Å². The molecule has 23 heavy (non-hydrogen) atoms. The molecule has 0 spiro atoms. The van der Waals surface area contributed by atoms with Crippen LogP contribution in [0.5, 0.6) is 0 Å². The highest BCUT2D eigenvalue weighted by atomic mass is 16.7. The fourth-order valence-corrected chi connectivity index (χ4v) is 2.47. The van der Waals surface area contributed by atoms with Gasteiger partial charge in [0.15, 0.2) is 0 Å². The van der Waals surface area contributed by atoms with Crippen LogP contribution in [-0.4, -0.2) is 32.4 Å². The number of imidazole rings is 1. The van der Waals surface area contributed by atoms with Crippen molar-refractivity contribution in [1.82, 2.24) is 14.6 Å². The average Bonchev–Trinajstić information content (AvgIpc) is 3.07. The zero-order valence-corrected chi connectivity index (χ0v) is 12.7. The summed E-state index contributed by atoms with van der Waals surface area (Å²) < 4.78 is 1.63. The van der Waals surface area contributed by atoms with Crippen molar-refractivity contribution >= 4 is 17.8 Å². The Morgan fingerprint density at radius 3 is 2.35 bits per heavy atom. The van der Waals surface area contributed by atoms with Crippen molar-refractivity contribution in [1.29, 1.82) is 0 Å². The fraction of sp³-hybridized carbons (Fsp3) is 0.250. The zero-order valence-electron chi connectivity index (χ0n) is 12.7. The smallest absolute Gasteiger partial charge is 0.328 e. The molecule has 0 atom stereocenters. The highest BCUT2D eigenvalue weighted by Crippen LogP contribution is 2.22. The van der Waals surface area contributed by atoms with E-state index in [4.69, 9.17) is 4.84 Å². The van der Waals surface area contributed by atoms with Crippen LogP contribution in [0.15, 0.2) is 36.7 Å². The van der Waals surface area contributed by atoms with Crippen LogP contribution in [-0.2, 0) is 16.2 Å². The highest BCUT2D eigenvalue weighted by Gasteiger charge is 2.38. The molecule has 1 aromatic carbocycles. The number of nitrogens with zero attached hydrogens (tertiary/aromatic N) is 3. The van der Waals surface area contributed by atoms with Crippen molar-refractivity contribution in [2.75, 3.05) is 0 Å². The van der Waals surface area contributed by atoms with E-state index in [2.05, 4.69) is 4.98 Å². The summed E-state index contributed by atoms with van der Waals surface area (Å²) in [6.45, 7) is 3.78. The number of imide groups is 1. The van der Waals surface area contributed by atoms with E-state index in [1.165, 1.54) is 12.1 Å².